The number of carbonyl (C=O) groups is 2. The average molecular weight is 360 g/mol. The molecule has 0 aliphatic carbocycles. The van der Waals surface area contributed by atoms with E-state index < -0.39 is 0 Å². The minimum absolute atomic E-state index is 0. The summed E-state index contributed by atoms with van der Waals surface area (Å²) in [5.74, 6) is 0.660. The van der Waals surface area contributed by atoms with Crippen molar-refractivity contribution >= 4 is 35.6 Å². The minimum atomic E-state index is -0.0635. The number of amides is 2. The Labute approximate surface area is 148 Å². The Balaban J connectivity index is 0.00000264. The van der Waals surface area contributed by atoms with E-state index in [4.69, 9.17) is 5.73 Å². The van der Waals surface area contributed by atoms with Crippen LogP contribution in [0.3, 0.4) is 0 Å². The van der Waals surface area contributed by atoms with E-state index in [-0.39, 0.29) is 30.3 Å². The van der Waals surface area contributed by atoms with E-state index in [0.29, 0.717) is 30.9 Å². The van der Waals surface area contributed by atoms with Gasteiger partial charge in [-0.2, -0.15) is 11.3 Å². The van der Waals surface area contributed by atoms with Gasteiger partial charge in [-0.15, -0.1) is 12.4 Å². The first-order valence-electron chi connectivity index (χ1n) is 7.91. The van der Waals surface area contributed by atoms with Crippen molar-refractivity contribution in [3.63, 3.8) is 0 Å². The number of nitrogens with one attached hydrogen (secondary N) is 1. The molecule has 1 fully saturated rings. The summed E-state index contributed by atoms with van der Waals surface area (Å²) in [7, 11) is 0. The second kappa shape index (κ2) is 9.90. The Morgan fingerprint density at radius 2 is 2.13 bits per heavy atom. The zero-order chi connectivity index (χ0) is 15.9. The highest BCUT2D eigenvalue weighted by atomic mass is 35.5. The second-order valence-electron chi connectivity index (χ2n) is 5.95. The van der Waals surface area contributed by atoms with Crippen molar-refractivity contribution in [1.29, 1.82) is 0 Å². The fourth-order valence-electron chi connectivity index (χ4n) is 2.77. The minimum Gasteiger partial charge on any atom is -0.352 e. The first-order valence-corrected chi connectivity index (χ1v) is 8.86. The van der Waals surface area contributed by atoms with Crippen molar-refractivity contribution in [1.82, 2.24) is 10.2 Å². The number of halogens is 1. The highest BCUT2D eigenvalue weighted by molar-refractivity contribution is 7.08. The van der Waals surface area contributed by atoms with Crippen LogP contribution in [0.25, 0.3) is 0 Å². The molecule has 1 aliphatic heterocycles. The van der Waals surface area contributed by atoms with E-state index in [1.54, 1.807) is 6.07 Å². The zero-order valence-electron chi connectivity index (χ0n) is 13.5. The van der Waals surface area contributed by atoms with Crippen LogP contribution in [0.15, 0.2) is 16.8 Å². The number of nitrogens with zero attached hydrogens (tertiary/aromatic N) is 1. The quantitative estimate of drug-likeness (QED) is 0.765. The van der Waals surface area contributed by atoms with Gasteiger partial charge in [0.1, 0.15) is 0 Å². The molecule has 0 saturated carbocycles. The zero-order valence-corrected chi connectivity index (χ0v) is 15.1. The van der Waals surface area contributed by atoms with Crippen LogP contribution < -0.4 is 11.1 Å². The number of likely N-dealkylation sites (tertiary alicyclic amines) is 1. The number of carbonyl (C=O) groups excluding carboxylic acids is 2. The topological polar surface area (TPSA) is 75.4 Å². The molecule has 130 valence electrons. The van der Waals surface area contributed by atoms with Crippen LogP contribution in [0.4, 0.5) is 0 Å². The lowest BCUT2D eigenvalue weighted by atomic mass is 9.91. The van der Waals surface area contributed by atoms with E-state index in [1.807, 2.05) is 22.6 Å². The van der Waals surface area contributed by atoms with Crippen molar-refractivity contribution in [2.24, 2.45) is 11.7 Å². The molecule has 2 heterocycles. The van der Waals surface area contributed by atoms with Gasteiger partial charge in [-0.1, -0.05) is 0 Å². The van der Waals surface area contributed by atoms with E-state index in [9.17, 15) is 9.59 Å². The number of hydrogen-bond acceptors (Lipinski definition) is 4. The van der Waals surface area contributed by atoms with Gasteiger partial charge in [0.25, 0.3) is 5.91 Å². The molecule has 0 aromatic carbocycles. The van der Waals surface area contributed by atoms with Crippen LogP contribution >= 0.6 is 23.7 Å². The maximum atomic E-state index is 12.1. The molecule has 2 rings (SSSR count). The smallest absolute Gasteiger partial charge is 0.252 e. The van der Waals surface area contributed by atoms with E-state index in [1.165, 1.54) is 11.3 Å². The average Bonchev–Trinajstić information content (AvgIpc) is 3.05. The first-order chi connectivity index (χ1) is 10.6. The van der Waals surface area contributed by atoms with Crippen molar-refractivity contribution in [3.05, 3.63) is 22.4 Å². The number of nitrogens with two attached hydrogens (primary N) is 1. The molecule has 1 unspecified atom stereocenters. The SMILES string of the molecule is CC(N)C1CCN(C(=O)CCCNC(=O)c2ccsc2)CC1.Cl. The molecule has 2 amide bonds. The van der Waals surface area contributed by atoms with Crippen LogP contribution in [0, 0.1) is 5.92 Å². The maximum absolute atomic E-state index is 12.1. The van der Waals surface area contributed by atoms with Gasteiger partial charge in [0.05, 0.1) is 0 Å². The van der Waals surface area contributed by atoms with Crippen LogP contribution in [-0.4, -0.2) is 42.4 Å². The molecule has 0 bridgehead atoms. The van der Waals surface area contributed by atoms with Crippen molar-refractivity contribution < 1.29 is 9.59 Å². The predicted octanol–water partition coefficient (Wildman–Crippen LogP) is 2.27. The van der Waals surface area contributed by atoms with Crippen molar-refractivity contribution in [2.45, 2.75) is 38.6 Å². The Morgan fingerprint density at radius 1 is 1.43 bits per heavy atom. The van der Waals surface area contributed by atoms with Gasteiger partial charge in [0, 0.05) is 43.0 Å². The summed E-state index contributed by atoms with van der Waals surface area (Å²) in [4.78, 5) is 25.8. The van der Waals surface area contributed by atoms with Gasteiger partial charge >= 0.3 is 0 Å². The lowest BCUT2D eigenvalue weighted by molar-refractivity contribution is -0.132. The summed E-state index contributed by atoms with van der Waals surface area (Å²) in [6.45, 7) is 4.20. The van der Waals surface area contributed by atoms with Crippen LogP contribution in [0.1, 0.15) is 43.0 Å². The van der Waals surface area contributed by atoms with E-state index >= 15 is 0 Å². The van der Waals surface area contributed by atoms with Gasteiger partial charge in [-0.05, 0) is 43.6 Å². The summed E-state index contributed by atoms with van der Waals surface area (Å²) in [5, 5.41) is 6.55. The Kier molecular flexibility index (Phi) is 8.58. The van der Waals surface area contributed by atoms with Crippen LogP contribution in [0.2, 0.25) is 0 Å². The third kappa shape index (κ3) is 6.12. The first kappa shape index (κ1) is 19.9. The fraction of sp³-hybridized carbons (Fsp3) is 0.625. The Bertz CT molecular complexity index is 486. The number of rotatable bonds is 6. The van der Waals surface area contributed by atoms with Crippen LogP contribution in [-0.2, 0) is 4.79 Å². The van der Waals surface area contributed by atoms with E-state index in [0.717, 1.165) is 25.9 Å². The highest BCUT2D eigenvalue weighted by Crippen LogP contribution is 2.20. The highest BCUT2D eigenvalue weighted by Gasteiger charge is 2.24. The second-order valence-corrected chi connectivity index (χ2v) is 6.73. The Morgan fingerprint density at radius 3 is 2.70 bits per heavy atom. The molecule has 1 saturated heterocycles. The molecule has 1 aliphatic rings. The van der Waals surface area contributed by atoms with Gasteiger partial charge in [0.15, 0.2) is 0 Å². The molecular formula is C16H26ClN3O2S. The van der Waals surface area contributed by atoms with Crippen LogP contribution in [0.5, 0.6) is 0 Å². The van der Waals surface area contributed by atoms with Gasteiger partial charge in [-0.25, -0.2) is 0 Å². The van der Waals surface area contributed by atoms with Gasteiger partial charge < -0.3 is 16.0 Å². The number of thiophene rings is 1. The number of piperidine rings is 1. The van der Waals surface area contributed by atoms with Crippen molar-refractivity contribution in [3.8, 4) is 0 Å². The molecule has 0 radical (unpaired) electrons. The molecule has 1 atom stereocenters. The van der Waals surface area contributed by atoms with E-state index in [2.05, 4.69) is 5.32 Å². The van der Waals surface area contributed by atoms with Gasteiger partial charge in [0.2, 0.25) is 5.91 Å². The molecule has 1 aromatic rings. The third-order valence-corrected chi connectivity index (χ3v) is 4.96. The summed E-state index contributed by atoms with van der Waals surface area (Å²) in [5.41, 5.74) is 6.60. The standard InChI is InChI=1S/C16H25N3O2S.ClH/c1-12(17)13-4-8-19(9-5-13)15(20)3-2-7-18-16(21)14-6-10-22-11-14;/h6,10-13H,2-5,7-9,17H2,1H3,(H,18,21);1H. The monoisotopic (exact) mass is 359 g/mol. The summed E-state index contributed by atoms with van der Waals surface area (Å²) >= 11 is 1.50. The molecular weight excluding hydrogens is 334 g/mol. The van der Waals surface area contributed by atoms with Crippen molar-refractivity contribution in [2.75, 3.05) is 19.6 Å². The predicted molar refractivity (Wildman–Crippen MR) is 96.1 cm³/mol. The molecule has 5 nitrogen and oxygen atoms in total. The fourth-order valence-corrected chi connectivity index (χ4v) is 3.41. The molecule has 23 heavy (non-hydrogen) atoms. The number of hydrogen-bond donors (Lipinski definition) is 2. The lowest BCUT2D eigenvalue weighted by Crippen LogP contribution is -2.42. The largest absolute Gasteiger partial charge is 0.352 e. The molecule has 7 heteroatoms. The molecule has 3 N–H and O–H groups in total. The lowest BCUT2D eigenvalue weighted by Gasteiger charge is -2.33. The maximum Gasteiger partial charge on any atom is 0.252 e. The molecule has 0 spiro atoms. The van der Waals surface area contributed by atoms with Gasteiger partial charge in [-0.3, -0.25) is 9.59 Å². The summed E-state index contributed by atoms with van der Waals surface area (Å²) in [6, 6.07) is 2.01. The molecule has 1 aromatic heterocycles. The summed E-state index contributed by atoms with van der Waals surface area (Å²) in [6.07, 6.45) is 3.17. The normalized spacial score (nSPS) is 16.5. The summed E-state index contributed by atoms with van der Waals surface area (Å²) < 4.78 is 0. The third-order valence-electron chi connectivity index (χ3n) is 4.27. The Hall–Kier alpha value is -1.11.